The van der Waals surface area contributed by atoms with Crippen molar-refractivity contribution in [3.8, 4) is 0 Å². The Bertz CT molecular complexity index is 413. The first kappa shape index (κ1) is 13.9. The molecule has 0 aliphatic heterocycles. The predicted octanol–water partition coefficient (Wildman–Crippen LogP) is 4.25. The zero-order chi connectivity index (χ0) is 13.4. The first-order chi connectivity index (χ1) is 8.37. The fraction of sp³-hybridized carbons (Fsp3) is 0.625. The Morgan fingerprint density at radius 3 is 2.50 bits per heavy atom. The lowest BCUT2D eigenvalue weighted by atomic mass is 9.52. The number of halogens is 1. The average molecular weight is 266 g/mol. The van der Waals surface area contributed by atoms with Gasteiger partial charge in [-0.05, 0) is 48.9 Å². The molecular formula is C16H24ClN. The van der Waals surface area contributed by atoms with Gasteiger partial charge < -0.3 is 5.32 Å². The van der Waals surface area contributed by atoms with Crippen LogP contribution in [0.4, 0.5) is 0 Å². The van der Waals surface area contributed by atoms with E-state index in [1.54, 1.807) is 0 Å². The van der Waals surface area contributed by atoms with Crippen molar-refractivity contribution in [3.63, 3.8) is 0 Å². The van der Waals surface area contributed by atoms with Crippen molar-refractivity contribution in [2.45, 2.75) is 39.0 Å². The molecule has 1 nitrogen and oxygen atoms in total. The van der Waals surface area contributed by atoms with Crippen molar-refractivity contribution >= 4 is 11.6 Å². The van der Waals surface area contributed by atoms with Gasteiger partial charge in [0, 0.05) is 17.0 Å². The molecule has 0 saturated heterocycles. The lowest BCUT2D eigenvalue weighted by molar-refractivity contribution is 0.0461. The van der Waals surface area contributed by atoms with Gasteiger partial charge in [-0.1, -0.05) is 44.5 Å². The van der Waals surface area contributed by atoms with Gasteiger partial charge in [0.15, 0.2) is 0 Å². The highest BCUT2D eigenvalue weighted by atomic mass is 35.5. The molecule has 0 atom stereocenters. The molecule has 1 fully saturated rings. The fourth-order valence-electron chi connectivity index (χ4n) is 3.13. The maximum absolute atomic E-state index is 6.14. The zero-order valence-electron chi connectivity index (χ0n) is 11.9. The summed E-state index contributed by atoms with van der Waals surface area (Å²) in [5, 5.41) is 4.21. The van der Waals surface area contributed by atoms with Crippen molar-refractivity contribution in [2.75, 3.05) is 13.6 Å². The summed E-state index contributed by atoms with van der Waals surface area (Å²) in [4.78, 5) is 0. The van der Waals surface area contributed by atoms with Crippen LogP contribution in [0.5, 0.6) is 0 Å². The normalized spacial score (nSPS) is 27.9. The molecule has 1 aromatic carbocycles. The Hall–Kier alpha value is -0.530. The minimum absolute atomic E-state index is 0.289. The molecule has 0 aromatic heterocycles. The lowest BCUT2D eigenvalue weighted by Gasteiger charge is -2.53. The molecular weight excluding hydrogens is 242 g/mol. The molecule has 1 N–H and O–H groups in total. The molecule has 1 aromatic rings. The molecule has 0 unspecified atom stereocenters. The summed E-state index contributed by atoms with van der Waals surface area (Å²) in [5.41, 5.74) is 2.10. The van der Waals surface area contributed by atoms with Crippen molar-refractivity contribution in [1.29, 1.82) is 0 Å². The van der Waals surface area contributed by atoms with E-state index in [-0.39, 0.29) is 5.41 Å². The van der Waals surface area contributed by atoms with E-state index in [4.69, 9.17) is 11.6 Å². The summed E-state index contributed by atoms with van der Waals surface area (Å²) < 4.78 is 0. The van der Waals surface area contributed by atoms with Crippen LogP contribution in [-0.4, -0.2) is 13.6 Å². The Morgan fingerprint density at radius 2 is 2.00 bits per heavy atom. The van der Waals surface area contributed by atoms with Gasteiger partial charge in [-0.2, -0.15) is 0 Å². The highest BCUT2D eigenvalue weighted by Crippen LogP contribution is 2.54. The minimum atomic E-state index is 0.289. The fourth-order valence-corrected chi connectivity index (χ4v) is 3.33. The van der Waals surface area contributed by atoms with Crippen LogP contribution in [0.2, 0.25) is 5.02 Å². The topological polar surface area (TPSA) is 12.0 Å². The third-order valence-electron chi connectivity index (χ3n) is 4.45. The number of hydrogen-bond acceptors (Lipinski definition) is 1. The number of nitrogens with one attached hydrogen (secondary N) is 1. The molecule has 0 heterocycles. The summed E-state index contributed by atoms with van der Waals surface area (Å²) in [6.07, 6.45) is 2.52. The van der Waals surface area contributed by atoms with Gasteiger partial charge in [-0.25, -0.2) is 0 Å². The number of likely N-dealkylation sites (N-methyl/N-ethyl adjacent to an activating group) is 1. The largest absolute Gasteiger partial charge is 0.319 e. The van der Waals surface area contributed by atoms with Crippen molar-refractivity contribution in [3.05, 3.63) is 34.9 Å². The van der Waals surface area contributed by atoms with Gasteiger partial charge in [-0.15, -0.1) is 0 Å². The molecule has 2 rings (SSSR count). The number of rotatable bonds is 3. The molecule has 100 valence electrons. The summed E-state index contributed by atoms with van der Waals surface area (Å²) in [6, 6.07) is 8.39. The van der Waals surface area contributed by atoms with E-state index in [0.717, 1.165) is 17.5 Å². The van der Waals surface area contributed by atoms with E-state index in [1.165, 1.54) is 18.4 Å². The predicted molar refractivity (Wildman–Crippen MR) is 79.2 cm³/mol. The monoisotopic (exact) mass is 265 g/mol. The maximum atomic E-state index is 6.14. The third-order valence-corrected chi connectivity index (χ3v) is 4.69. The average Bonchev–Trinajstić information content (AvgIpc) is 2.21. The van der Waals surface area contributed by atoms with Gasteiger partial charge in [0.25, 0.3) is 0 Å². The van der Waals surface area contributed by atoms with Gasteiger partial charge >= 0.3 is 0 Å². The molecule has 0 bridgehead atoms. The van der Waals surface area contributed by atoms with E-state index in [1.807, 2.05) is 13.1 Å². The Kier molecular flexibility index (Phi) is 3.75. The number of benzene rings is 1. The van der Waals surface area contributed by atoms with Crippen molar-refractivity contribution < 1.29 is 0 Å². The zero-order valence-corrected chi connectivity index (χ0v) is 12.6. The second kappa shape index (κ2) is 4.86. The van der Waals surface area contributed by atoms with Crippen LogP contribution in [0.1, 0.15) is 39.2 Å². The van der Waals surface area contributed by atoms with Crippen LogP contribution < -0.4 is 5.32 Å². The molecule has 2 heteroatoms. The standard InChI is InChI=1S/C16H24ClN/c1-15(2,3)13-9-16(10-13,11-18-4)12-6-5-7-14(17)8-12/h5-8,13,18H,9-11H2,1-4H3. The van der Waals surface area contributed by atoms with E-state index in [2.05, 4.69) is 44.3 Å². The third kappa shape index (κ3) is 2.57. The molecule has 0 amide bonds. The van der Waals surface area contributed by atoms with E-state index in [0.29, 0.717) is 5.41 Å². The molecule has 1 saturated carbocycles. The van der Waals surface area contributed by atoms with Crippen LogP contribution in [0.3, 0.4) is 0 Å². The number of hydrogen-bond donors (Lipinski definition) is 1. The summed E-state index contributed by atoms with van der Waals surface area (Å²) >= 11 is 6.14. The van der Waals surface area contributed by atoms with E-state index < -0.39 is 0 Å². The van der Waals surface area contributed by atoms with Crippen molar-refractivity contribution in [2.24, 2.45) is 11.3 Å². The SMILES string of the molecule is CNCC1(c2cccc(Cl)c2)CC(C(C)(C)C)C1. The van der Waals surface area contributed by atoms with Gasteiger partial charge in [0.1, 0.15) is 0 Å². The van der Waals surface area contributed by atoms with Crippen LogP contribution in [-0.2, 0) is 5.41 Å². The molecule has 1 aliphatic rings. The van der Waals surface area contributed by atoms with Crippen molar-refractivity contribution in [1.82, 2.24) is 5.32 Å². The van der Waals surface area contributed by atoms with Crippen LogP contribution in [0, 0.1) is 11.3 Å². The molecule has 1 aliphatic carbocycles. The maximum Gasteiger partial charge on any atom is 0.0408 e. The smallest absolute Gasteiger partial charge is 0.0408 e. The second-order valence-corrected chi connectivity index (χ2v) is 7.23. The van der Waals surface area contributed by atoms with Crippen LogP contribution in [0.25, 0.3) is 0 Å². The van der Waals surface area contributed by atoms with E-state index >= 15 is 0 Å². The lowest BCUT2D eigenvalue weighted by Crippen LogP contribution is -2.51. The Labute approximate surface area is 116 Å². The first-order valence-corrected chi connectivity index (χ1v) is 7.16. The van der Waals surface area contributed by atoms with Crippen LogP contribution in [0.15, 0.2) is 24.3 Å². The van der Waals surface area contributed by atoms with Gasteiger partial charge in [0.05, 0.1) is 0 Å². The van der Waals surface area contributed by atoms with Gasteiger partial charge in [-0.3, -0.25) is 0 Å². The summed E-state index contributed by atoms with van der Waals surface area (Å²) in [7, 11) is 2.04. The van der Waals surface area contributed by atoms with Gasteiger partial charge in [0.2, 0.25) is 0 Å². The van der Waals surface area contributed by atoms with Crippen LogP contribution >= 0.6 is 11.6 Å². The summed E-state index contributed by atoms with van der Waals surface area (Å²) in [6.45, 7) is 8.08. The quantitative estimate of drug-likeness (QED) is 0.861. The molecule has 18 heavy (non-hydrogen) atoms. The van der Waals surface area contributed by atoms with E-state index in [9.17, 15) is 0 Å². The highest BCUT2D eigenvalue weighted by Gasteiger charge is 2.48. The molecule has 0 radical (unpaired) electrons. The second-order valence-electron chi connectivity index (χ2n) is 6.79. The first-order valence-electron chi connectivity index (χ1n) is 6.78. The highest BCUT2D eigenvalue weighted by molar-refractivity contribution is 6.30. The summed E-state index contributed by atoms with van der Waals surface area (Å²) in [5.74, 6) is 0.810. The Balaban J connectivity index is 2.21. The Morgan fingerprint density at radius 1 is 1.33 bits per heavy atom. The minimum Gasteiger partial charge on any atom is -0.319 e. The molecule has 0 spiro atoms.